The Kier molecular flexibility index (Phi) is 5.48. The van der Waals surface area contributed by atoms with Gasteiger partial charge in [-0.25, -0.2) is 4.99 Å². The third-order valence-electron chi connectivity index (χ3n) is 4.49. The molecule has 29 heavy (non-hydrogen) atoms. The summed E-state index contributed by atoms with van der Waals surface area (Å²) in [5.74, 6) is 0.258. The van der Waals surface area contributed by atoms with E-state index in [1.165, 1.54) is 11.8 Å². The number of carbonyl (C=O) groups is 2. The molecule has 4 rings (SSSR count). The second kappa shape index (κ2) is 8.36. The number of amides is 2. The van der Waals surface area contributed by atoms with E-state index in [4.69, 9.17) is 4.74 Å². The summed E-state index contributed by atoms with van der Waals surface area (Å²) < 4.78 is 5.18. The lowest BCUT2D eigenvalue weighted by Gasteiger charge is -2.10. The zero-order valence-corrected chi connectivity index (χ0v) is 16.5. The SMILES string of the molecule is COc1cccc(N=C2NC(=O)[C@@H](CC(=O)Nc3cccc4ccccc34)S2)c1. The van der Waals surface area contributed by atoms with Gasteiger partial charge in [0.15, 0.2) is 5.17 Å². The summed E-state index contributed by atoms with van der Waals surface area (Å²) in [4.78, 5) is 29.3. The number of benzene rings is 3. The van der Waals surface area contributed by atoms with Crippen molar-refractivity contribution in [2.45, 2.75) is 11.7 Å². The molecule has 1 heterocycles. The van der Waals surface area contributed by atoms with E-state index in [9.17, 15) is 9.59 Å². The van der Waals surface area contributed by atoms with Crippen molar-refractivity contribution >= 4 is 50.9 Å². The highest BCUT2D eigenvalue weighted by Crippen LogP contribution is 2.28. The summed E-state index contributed by atoms with van der Waals surface area (Å²) in [5.41, 5.74) is 1.41. The number of amidine groups is 1. The standard InChI is InChI=1S/C22H19N3O3S/c1-28-16-9-5-8-15(12-16)23-22-25-21(27)19(29-22)13-20(26)24-18-11-4-7-14-6-2-3-10-17(14)18/h2-12,19H,13H2,1H3,(H,24,26)(H,23,25,27)/t19-/m1/s1. The number of hydrogen-bond acceptors (Lipinski definition) is 5. The Morgan fingerprint density at radius 2 is 1.93 bits per heavy atom. The largest absolute Gasteiger partial charge is 0.497 e. The molecule has 1 aliphatic heterocycles. The topological polar surface area (TPSA) is 79.8 Å². The van der Waals surface area contributed by atoms with Crippen LogP contribution >= 0.6 is 11.8 Å². The number of nitrogens with one attached hydrogen (secondary N) is 2. The first kappa shape index (κ1) is 19.0. The van der Waals surface area contributed by atoms with Crippen LogP contribution in [0.25, 0.3) is 10.8 Å². The van der Waals surface area contributed by atoms with Crippen LogP contribution in [0.5, 0.6) is 5.75 Å². The van der Waals surface area contributed by atoms with E-state index in [1.807, 2.05) is 60.7 Å². The van der Waals surface area contributed by atoms with Crippen molar-refractivity contribution < 1.29 is 14.3 Å². The van der Waals surface area contributed by atoms with E-state index < -0.39 is 5.25 Å². The zero-order chi connectivity index (χ0) is 20.2. The first-order valence-corrected chi connectivity index (χ1v) is 9.98. The van der Waals surface area contributed by atoms with Gasteiger partial charge in [-0.05, 0) is 23.6 Å². The van der Waals surface area contributed by atoms with Gasteiger partial charge in [0.25, 0.3) is 0 Å². The smallest absolute Gasteiger partial charge is 0.240 e. The minimum absolute atomic E-state index is 0.0663. The van der Waals surface area contributed by atoms with Gasteiger partial charge in [-0.1, -0.05) is 54.2 Å². The van der Waals surface area contributed by atoms with Crippen LogP contribution in [0, 0.1) is 0 Å². The molecule has 0 saturated carbocycles. The molecule has 6 nitrogen and oxygen atoms in total. The summed E-state index contributed by atoms with van der Waals surface area (Å²) in [5, 5.41) is 7.64. The van der Waals surface area contributed by atoms with Gasteiger partial charge in [0.2, 0.25) is 11.8 Å². The summed E-state index contributed by atoms with van der Waals surface area (Å²) in [7, 11) is 1.59. The average molecular weight is 405 g/mol. The molecule has 0 unspecified atom stereocenters. The van der Waals surface area contributed by atoms with Crippen molar-refractivity contribution in [1.82, 2.24) is 5.32 Å². The normalized spacial score (nSPS) is 17.3. The van der Waals surface area contributed by atoms with Crippen LogP contribution in [0.15, 0.2) is 71.7 Å². The molecule has 1 fully saturated rings. The lowest BCUT2D eigenvalue weighted by atomic mass is 10.1. The molecule has 0 spiro atoms. The van der Waals surface area contributed by atoms with Gasteiger partial charge >= 0.3 is 0 Å². The summed E-state index contributed by atoms with van der Waals surface area (Å²) in [6, 6.07) is 20.8. The molecule has 2 amide bonds. The van der Waals surface area contributed by atoms with Gasteiger partial charge in [0.1, 0.15) is 11.0 Å². The second-order valence-electron chi connectivity index (χ2n) is 6.49. The maximum atomic E-state index is 12.5. The first-order chi connectivity index (χ1) is 14.1. The number of hydrogen-bond donors (Lipinski definition) is 2. The molecular formula is C22H19N3O3S. The highest BCUT2D eigenvalue weighted by atomic mass is 32.2. The van der Waals surface area contributed by atoms with Crippen LogP contribution < -0.4 is 15.4 Å². The molecular weight excluding hydrogens is 386 g/mol. The summed E-state index contributed by atoms with van der Waals surface area (Å²) >= 11 is 1.26. The number of rotatable bonds is 5. The number of fused-ring (bicyclic) bond motifs is 1. The zero-order valence-electron chi connectivity index (χ0n) is 15.7. The number of nitrogens with zero attached hydrogens (tertiary/aromatic N) is 1. The summed E-state index contributed by atoms with van der Waals surface area (Å²) in [6.07, 6.45) is 0.0663. The number of ether oxygens (including phenoxy) is 1. The van der Waals surface area contributed by atoms with Crippen LogP contribution in [0.1, 0.15) is 6.42 Å². The van der Waals surface area contributed by atoms with Gasteiger partial charge in [-0.2, -0.15) is 0 Å². The second-order valence-corrected chi connectivity index (χ2v) is 7.68. The molecule has 1 atom stereocenters. The van der Waals surface area contributed by atoms with Crippen LogP contribution in [0.3, 0.4) is 0 Å². The fraction of sp³-hybridized carbons (Fsp3) is 0.136. The third-order valence-corrected chi connectivity index (χ3v) is 5.58. The predicted octanol–water partition coefficient (Wildman–Crippen LogP) is 4.10. The Hall–Kier alpha value is -3.32. The van der Waals surface area contributed by atoms with E-state index in [1.54, 1.807) is 13.2 Å². The maximum Gasteiger partial charge on any atom is 0.240 e. The lowest BCUT2D eigenvalue weighted by Crippen LogP contribution is -2.28. The van der Waals surface area contributed by atoms with Crippen LogP contribution in [-0.2, 0) is 9.59 Å². The molecule has 0 aromatic heterocycles. The van der Waals surface area contributed by atoms with Crippen LogP contribution in [-0.4, -0.2) is 29.3 Å². The minimum atomic E-state index is -0.519. The average Bonchev–Trinajstić information content (AvgIpc) is 3.07. The number of thioether (sulfide) groups is 1. The van der Waals surface area contributed by atoms with E-state index in [0.717, 1.165) is 16.5 Å². The first-order valence-electron chi connectivity index (χ1n) is 9.10. The monoisotopic (exact) mass is 405 g/mol. The Balaban J connectivity index is 1.43. The highest BCUT2D eigenvalue weighted by Gasteiger charge is 2.32. The number of carbonyl (C=O) groups excluding carboxylic acids is 2. The van der Waals surface area contributed by atoms with E-state index in [0.29, 0.717) is 16.6 Å². The Bertz CT molecular complexity index is 1110. The molecule has 2 N–H and O–H groups in total. The van der Waals surface area contributed by atoms with Crippen molar-refractivity contribution in [3.05, 3.63) is 66.7 Å². The highest BCUT2D eigenvalue weighted by molar-refractivity contribution is 8.15. The number of methoxy groups -OCH3 is 1. The quantitative estimate of drug-likeness (QED) is 0.670. The Morgan fingerprint density at radius 1 is 1.14 bits per heavy atom. The Morgan fingerprint density at radius 3 is 2.79 bits per heavy atom. The maximum absolute atomic E-state index is 12.5. The third kappa shape index (κ3) is 4.41. The molecule has 1 saturated heterocycles. The van der Waals surface area contributed by atoms with Gasteiger partial charge in [0, 0.05) is 23.6 Å². The van der Waals surface area contributed by atoms with E-state index in [-0.39, 0.29) is 18.2 Å². The lowest BCUT2D eigenvalue weighted by molar-refractivity contribution is -0.122. The van der Waals surface area contributed by atoms with Crippen molar-refractivity contribution in [3.63, 3.8) is 0 Å². The van der Waals surface area contributed by atoms with Crippen molar-refractivity contribution in [3.8, 4) is 5.75 Å². The van der Waals surface area contributed by atoms with Gasteiger partial charge in [-0.3, -0.25) is 9.59 Å². The predicted molar refractivity (Wildman–Crippen MR) is 117 cm³/mol. The molecule has 146 valence electrons. The van der Waals surface area contributed by atoms with Crippen LogP contribution in [0.2, 0.25) is 0 Å². The van der Waals surface area contributed by atoms with Crippen molar-refractivity contribution in [2.75, 3.05) is 12.4 Å². The van der Waals surface area contributed by atoms with Crippen LogP contribution in [0.4, 0.5) is 11.4 Å². The van der Waals surface area contributed by atoms with Gasteiger partial charge in [-0.15, -0.1) is 0 Å². The molecule has 0 aliphatic carbocycles. The van der Waals surface area contributed by atoms with E-state index in [2.05, 4.69) is 15.6 Å². The molecule has 1 aliphatic rings. The fourth-order valence-corrected chi connectivity index (χ4v) is 4.08. The summed E-state index contributed by atoms with van der Waals surface area (Å²) in [6.45, 7) is 0. The molecule has 3 aromatic carbocycles. The van der Waals surface area contributed by atoms with Gasteiger partial charge < -0.3 is 15.4 Å². The molecule has 0 bridgehead atoms. The van der Waals surface area contributed by atoms with Crippen molar-refractivity contribution in [1.29, 1.82) is 0 Å². The van der Waals surface area contributed by atoms with E-state index >= 15 is 0 Å². The molecule has 7 heteroatoms. The fourth-order valence-electron chi connectivity index (χ4n) is 3.09. The molecule has 0 radical (unpaired) electrons. The molecule has 3 aromatic rings. The minimum Gasteiger partial charge on any atom is -0.497 e. The number of anilines is 1. The number of aliphatic imine (C=N–C) groups is 1. The van der Waals surface area contributed by atoms with Gasteiger partial charge in [0.05, 0.1) is 12.8 Å². The Labute approximate surface area is 172 Å². The van der Waals surface area contributed by atoms with Crippen molar-refractivity contribution in [2.24, 2.45) is 4.99 Å².